The molecule has 1 aromatic heterocycles. The van der Waals surface area contributed by atoms with E-state index in [4.69, 9.17) is 4.74 Å². The number of carbonyl (C=O) groups excluding carboxylic acids is 5. The Morgan fingerprint density at radius 1 is 0.930 bits per heavy atom. The van der Waals surface area contributed by atoms with Crippen LogP contribution < -0.4 is 25.6 Å². The van der Waals surface area contributed by atoms with E-state index in [0.29, 0.717) is 43.3 Å². The molecule has 4 aliphatic rings. The van der Waals surface area contributed by atoms with Crippen molar-refractivity contribution in [2.45, 2.75) is 57.0 Å². The van der Waals surface area contributed by atoms with Crippen LogP contribution in [0.25, 0.3) is 0 Å². The fourth-order valence-electron chi connectivity index (χ4n) is 7.51. The number of hydrogen-bond acceptors (Lipinski definition) is 11. The SMILES string of the molecule is CN1Cc2cccc(Oc3nc(Nc4ccc(CNC5CCN(c6ccc7c(c6)C(=O)N(C6CCC(=O)NC6=O)C7=O)CC5)c(F)c4)ncc3C(F)(F)F)c2C1=O. The highest BCUT2D eigenvalue weighted by Crippen LogP contribution is 2.40. The average molecular weight is 787 g/mol. The number of anilines is 3. The molecule has 0 saturated carbocycles. The first kappa shape index (κ1) is 37.5. The van der Waals surface area contributed by atoms with E-state index in [9.17, 15) is 37.1 Å². The quantitative estimate of drug-likeness (QED) is 0.156. The van der Waals surface area contributed by atoms with Crippen molar-refractivity contribution in [1.82, 2.24) is 30.4 Å². The van der Waals surface area contributed by atoms with Crippen LogP contribution in [0.1, 0.15) is 73.4 Å². The normalized spacial score (nSPS) is 18.6. The Kier molecular flexibility index (Phi) is 9.59. The van der Waals surface area contributed by atoms with Gasteiger partial charge >= 0.3 is 6.18 Å². The summed E-state index contributed by atoms with van der Waals surface area (Å²) in [5.41, 5.74) is 1.20. The summed E-state index contributed by atoms with van der Waals surface area (Å²) in [6.45, 7) is 1.71. The molecule has 8 rings (SSSR count). The van der Waals surface area contributed by atoms with E-state index in [-0.39, 0.29) is 66.0 Å². The number of carbonyl (C=O) groups is 5. The molecular formula is C39H34F4N8O6. The van der Waals surface area contributed by atoms with Crippen LogP contribution in [-0.2, 0) is 28.9 Å². The lowest BCUT2D eigenvalue weighted by atomic mass is 10.0. The van der Waals surface area contributed by atoms with Crippen LogP contribution in [0.4, 0.5) is 34.9 Å². The zero-order chi connectivity index (χ0) is 40.2. The van der Waals surface area contributed by atoms with Gasteiger partial charge in [-0.15, -0.1) is 0 Å². The molecule has 5 heterocycles. The van der Waals surface area contributed by atoms with Gasteiger partial charge in [0.2, 0.25) is 23.6 Å². The van der Waals surface area contributed by atoms with Crippen molar-refractivity contribution in [1.29, 1.82) is 0 Å². The number of aromatic nitrogens is 2. The van der Waals surface area contributed by atoms with E-state index < -0.39 is 59.0 Å². The lowest BCUT2D eigenvalue weighted by molar-refractivity contribution is -0.139. The summed E-state index contributed by atoms with van der Waals surface area (Å²) < 4.78 is 62.7. The Balaban J connectivity index is 0.878. The summed E-state index contributed by atoms with van der Waals surface area (Å²) in [5.74, 6) is -4.40. The molecule has 0 bridgehead atoms. The second kappa shape index (κ2) is 14.6. The van der Waals surface area contributed by atoms with Gasteiger partial charge in [-0.3, -0.25) is 34.2 Å². The van der Waals surface area contributed by atoms with Crippen LogP contribution in [0, 0.1) is 5.82 Å². The number of hydrogen-bond donors (Lipinski definition) is 3. The van der Waals surface area contributed by atoms with Gasteiger partial charge in [0, 0.05) is 68.8 Å². The summed E-state index contributed by atoms with van der Waals surface area (Å²) in [5, 5.41) is 8.29. The van der Waals surface area contributed by atoms with Crippen molar-refractivity contribution in [3.05, 3.63) is 100.0 Å². The van der Waals surface area contributed by atoms with E-state index in [2.05, 4.69) is 30.8 Å². The Labute approximate surface area is 322 Å². The minimum atomic E-state index is -4.86. The number of piperidine rings is 2. The molecule has 0 aliphatic carbocycles. The molecule has 0 spiro atoms. The first-order chi connectivity index (χ1) is 27.2. The monoisotopic (exact) mass is 786 g/mol. The lowest BCUT2D eigenvalue weighted by Crippen LogP contribution is -2.54. The van der Waals surface area contributed by atoms with Crippen molar-refractivity contribution in [2.75, 3.05) is 30.4 Å². The molecule has 4 aromatic rings. The number of fused-ring (bicyclic) bond motifs is 2. The molecule has 14 nitrogen and oxygen atoms in total. The molecule has 2 fully saturated rings. The molecule has 1 atom stereocenters. The molecule has 1 unspecified atom stereocenters. The van der Waals surface area contributed by atoms with Crippen molar-refractivity contribution < 1.29 is 46.3 Å². The number of imide groups is 2. The van der Waals surface area contributed by atoms with Gasteiger partial charge in [0.15, 0.2) is 0 Å². The molecule has 18 heteroatoms. The van der Waals surface area contributed by atoms with Crippen LogP contribution in [0.2, 0.25) is 0 Å². The number of nitrogens with zero attached hydrogens (tertiary/aromatic N) is 5. The summed E-state index contributed by atoms with van der Waals surface area (Å²) in [6, 6.07) is 12.9. The zero-order valence-corrected chi connectivity index (χ0v) is 30.3. The number of halogens is 4. The second-order valence-electron chi connectivity index (χ2n) is 14.2. The first-order valence-electron chi connectivity index (χ1n) is 18.1. The minimum Gasteiger partial charge on any atom is -0.437 e. The van der Waals surface area contributed by atoms with Gasteiger partial charge < -0.3 is 25.2 Å². The third-order valence-electron chi connectivity index (χ3n) is 10.5. The summed E-state index contributed by atoms with van der Waals surface area (Å²) in [4.78, 5) is 75.1. The highest BCUT2D eigenvalue weighted by atomic mass is 19.4. The molecule has 4 aliphatic heterocycles. The summed E-state index contributed by atoms with van der Waals surface area (Å²) in [6.07, 6.45) is -2.81. The predicted molar refractivity (Wildman–Crippen MR) is 194 cm³/mol. The van der Waals surface area contributed by atoms with Gasteiger partial charge in [-0.2, -0.15) is 18.2 Å². The molecule has 5 amide bonds. The van der Waals surface area contributed by atoms with E-state index >= 15 is 4.39 Å². The third kappa shape index (κ3) is 7.23. The topological polar surface area (TPSA) is 166 Å². The van der Waals surface area contributed by atoms with E-state index in [0.717, 1.165) is 10.6 Å². The van der Waals surface area contributed by atoms with Crippen LogP contribution in [0.3, 0.4) is 0 Å². The van der Waals surface area contributed by atoms with E-state index in [1.54, 1.807) is 43.4 Å². The number of amides is 5. The zero-order valence-electron chi connectivity index (χ0n) is 30.3. The maximum absolute atomic E-state index is 15.3. The second-order valence-corrected chi connectivity index (χ2v) is 14.2. The van der Waals surface area contributed by atoms with Gasteiger partial charge in [0.25, 0.3) is 17.7 Å². The number of ether oxygens (including phenoxy) is 1. The molecular weight excluding hydrogens is 752 g/mol. The van der Waals surface area contributed by atoms with E-state index in [1.165, 1.54) is 23.1 Å². The Hall–Kier alpha value is -6.43. The highest BCUT2D eigenvalue weighted by molar-refractivity contribution is 6.23. The smallest absolute Gasteiger partial charge is 0.423 e. The molecule has 3 aromatic carbocycles. The van der Waals surface area contributed by atoms with Crippen molar-refractivity contribution in [3.8, 4) is 11.6 Å². The van der Waals surface area contributed by atoms with Gasteiger partial charge in [-0.25, -0.2) is 9.37 Å². The molecule has 294 valence electrons. The lowest BCUT2D eigenvalue weighted by Gasteiger charge is -2.34. The van der Waals surface area contributed by atoms with Gasteiger partial charge in [-0.05, 0) is 61.2 Å². The van der Waals surface area contributed by atoms with Crippen LogP contribution in [0.5, 0.6) is 11.6 Å². The maximum Gasteiger partial charge on any atom is 0.423 e. The molecule has 2 saturated heterocycles. The summed E-state index contributed by atoms with van der Waals surface area (Å²) in [7, 11) is 1.57. The third-order valence-corrected chi connectivity index (χ3v) is 10.5. The molecule has 0 radical (unpaired) electrons. The number of nitrogens with one attached hydrogen (secondary N) is 3. The molecule has 3 N–H and O–H groups in total. The Bertz CT molecular complexity index is 2350. The van der Waals surface area contributed by atoms with Gasteiger partial charge in [0.05, 0.1) is 16.7 Å². The van der Waals surface area contributed by atoms with Crippen molar-refractivity contribution in [3.63, 3.8) is 0 Å². The average Bonchev–Trinajstić information content (AvgIpc) is 3.61. The number of alkyl halides is 3. The van der Waals surface area contributed by atoms with Gasteiger partial charge in [0.1, 0.15) is 23.2 Å². The Morgan fingerprint density at radius 3 is 2.44 bits per heavy atom. The van der Waals surface area contributed by atoms with Crippen LogP contribution >= 0.6 is 0 Å². The largest absolute Gasteiger partial charge is 0.437 e. The number of rotatable bonds is 9. The molecule has 57 heavy (non-hydrogen) atoms. The van der Waals surface area contributed by atoms with E-state index in [1.807, 2.05) is 0 Å². The maximum atomic E-state index is 15.3. The van der Waals surface area contributed by atoms with Crippen molar-refractivity contribution in [2.24, 2.45) is 0 Å². The van der Waals surface area contributed by atoms with Crippen LogP contribution in [0.15, 0.2) is 60.8 Å². The fourth-order valence-corrected chi connectivity index (χ4v) is 7.51. The van der Waals surface area contributed by atoms with Crippen LogP contribution in [-0.4, -0.2) is 81.5 Å². The minimum absolute atomic E-state index is 0.0349. The number of benzene rings is 3. The summed E-state index contributed by atoms with van der Waals surface area (Å²) >= 11 is 0. The van der Waals surface area contributed by atoms with Crippen molar-refractivity contribution >= 4 is 46.9 Å². The fraction of sp³-hybridized carbons (Fsp3) is 0.308. The Morgan fingerprint density at radius 2 is 1.70 bits per heavy atom. The standard InChI is InChI=1S/C39H34F4N8O6/c1-49-19-21-3-2-4-30(32(21)37(49)56)57-34-27(39(41,42)43)18-45-38(48-34)46-23-6-5-20(28(40)15-23)17-44-22-11-13-50(14-12-22)24-7-8-25-26(16-24)36(55)51(35(25)54)29-9-10-31(52)47-33(29)53/h2-8,15-16,18,22,29,44H,9-14,17,19H2,1H3,(H,45,46,48)(H,47,52,53). The first-order valence-corrected chi connectivity index (χ1v) is 18.1. The van der Waals surface area contributed by atoms with Gasteiger partial charge in [-0.1, -0.05) is 18.2 Å². The predicted octanol–water partition coefficient (Wildman–Crippen LogP) is 4.92. The highest BCUT2D eigenvalue weighted by Gasteiger charge is 2.45.